The van der Waals surface area contributed by atoms with Crippen molar-refractivity contribution in [3.63, 3.8) is 0 Å². The van der Waals surface area contributed by atoms with E-state index in [0.29, 0.717) is 17.5 Å². The van der Waals surface area contributed by atoms with Gasteiger partial charge >= 0.3 is 0 Å². The average Bonchev–Trinajstić information content (AvgIpc) is 3.08. The molecule has 0 aliphatic rings. The summed E-state index contributed by atoms with van der Waals surface area (Å²) < 4.78 is 0. The molecule has 26 heavy (non-hydrogen) atoms. The van der Waals surface area contributed by atoms with Crippen molar-refractivity contribution in [2.75, 3.05) is 0 Å². The van der Waals surface area contributed by atoms with Gasteiger partial charge in [0.05, 0.1) is 16.4 Å². The molecule has 0 saturated heterocycles. The first kappa shape index (κ1) is 17.5. The van der Waals surface area contributed by atoms with Crippen LogP contribution >= 0.6 is 11.8 Å². The Balaban J connectivity index is 1.57. The van der Waals surface area contributed by atoms with Crippen molar-refractivity contribution in [1.29, 1.82) is 0 Å². The smallest absolute Gasteiger partial charge is 0.258 e. The van der Waals surface area contributed by atoms with Gasteiger partial charge in [-0.3, -0.25) is 20.2 Å². The van der Waals surface area contributed by atoms with Crippen molar-refractivity contribution in [3.05, 3.63) is 79.9 Å². The molecule has 132 valence electrons. The maximum Gasteiger partial charge on any atom is 0.269 e. The van der Waals surface area contributed by atoms with Gasteiger partial charge in [-0.25, -0.2) is 0 Å². The predicted molar refractivity (Wildman–Crippen MR) is 92.7 cm³/mol. The standard InChI is InChI=1S/C15H12N6O4S/c22-20(23)13-5-1-11(2-6-13)9-19-17-15(16-18-19)26-10-12-3-7-14(8-4-12)21(24)25/h1-8H,9-10H2. The van der Waals surface area contributed by atoms with Crippen LogP contribution in [0.3, 0.4) is 0 Å². The van der Waals surface area contributed by atoms with Crippen molar-refractivity contribution >= 4 is 23.1 Å². The van der Waals surface area contributed by atoms with Gasteiger partial charge in [0.25, 0.3) is 11.4 Å². The highest BCUT2D eigenvalue weighted by atomic mass is 32.2. The van der Waals surface area contributed by atoms with E-state index in [4.69, 9.17) is 0 Å². The minimum atomic E-state index is -0.454. The molecule has 0 radical (unpaired) electrons. The van der Waals surface area contributed by atoms with Crippen LogP contribution in [0.2, 0.25) is 0 Å². The summed E-state index contributed by atoms with van der Waals surface area (Å²) in [6, 6.07) is 12.4. The number of tetrazole rings is 1. The maximum atomic E-state index is 10.6. The molecule has 1 heterocycles. The first-order chi connectivity index (χ1) is 12.5. The Morgan fingerprint density at radius 3 is 1.96 bits per heavy atom. The van der Waals surface area contributed by atoms with Crippen LogP contribution in [0.25, 0.3) is 0 Å². The fraction of sp³-hybridized carbons (Fsp3) is 0.133. The second-order valence-electron chi connectivity index (χ2n) is 5.24. The van der Waals surface area contributed by atoms with E-state index in [1.165, 1.54) is 40.8 Å². The quantitative estimate of drug-likeness (QED) is 0.351. The van der Waals surface area contributed by atoms with E-state index >= 15 is 0 Å². The van der Waals surface area contributed by atoms with Gasteiger partial charge in [0.2, 0.25) is 5.16 Å². The van der Waals surface area contributed by atoms with Crippen LogP contribution in [-0.4, -0.2) is 30.1 Å². The molecule has 1 aromatic heterocycles. The minimum absolute atomic E-state index is 0.0274. The zero-order valence-electron chi connectivity index (χ0n) is 13.3. The summed E-state index contributed by atoms with van der Waals surface area (Å²) in [7, 11) is 0. The Bertz CT molecular complexity index is 926. The summed E-state index contributed by atoms with van der Waals surface area (Å²) in [6.07, 6.45) is 0. The Kier molecular flexibility index (Phi) is 5.17. The van der Waals surface area contributed by atoms with Gasteiger partial charge in [-0.1, -0.05) is 36.0 Å². The second-order valence-corrected chi connectivity index (χ2v) is 6.18. The summed E-state index contributed by atoms with van der Waals surface area (Å²) in [5.74, 6) is 0.557. The number of hydrogen-bond acceptors (Lipinski definition) is 8. The van der Waals surface area contributed by atoms with E-state index in [-0.39, 0.29) is 11.4 Å². The molecule has 3 rings (SSSR count). The molecule has 0 N–H and O–H groups in total. The number of thioether (sulfide) groups is 1. The molecular weight excluding hydrogens is 360 g/mol. The Labute approximate surface area is 151 Å². The van der Waals surface area contributed by atoms with Gasteiger partial charge in [-0.05, 0) is 16.3 Å². The monoisotopic (exact) mass is 372 g/mol. The lowest BCUT2D eigenvalue weighted by molar-refractivity contribution is -0.385. The van der Waals surface area contributed by atoms with Crippen LogP contribution in [-0.2, 0) is 12.3 Å². The molecule has 0 bridgehead atoms. The van der Waals surface area contributed by atoms with Gasteiger partial charge < -0.3 is 0 Å². The number of nitrogens with zero attached hydrogens (tertiary/aromatic N) is 6. The molecule has 11 heteroatoms. The molecule has 0 fully saturated rings. The third-order valence-electron chi connectivity index (χ3n) is 3.42. The van der Waals surface area contributed by atoms with E-state index in [0.717, 1.165) is 11.1 Å². The molecule has 0 amide bonds. The van der Waals surface area contributed by atoms with Gasteiger partial charge in [-0.15, -0.1) is 10.2 Å². The number of nitro groups is 2. The van der Waals surface area contributed by atoms with Crippen LogP contribution < -0.4 is 0 Å². The van der Waals surface area contributed by atoms with E-state index in [9.17, 15) is 20.2 Å². The van der Waals surface area contributed by atoms with Crippen LogP contribution in [0.4, 0.5) is 11.4 Å². The molecule has 2 aromatic carbocycles. The van der Waals surface area contributed by atoms with E-state index < -0.39 is 9.85 Å². The number of hydrogen-bond donors (Lipinski definition) is 0. The number of aromatic nitrogens is 4. The lowest BCUT2D eigenvalue weighted by Crippen LogP contribution is -2.04. The van der Waals surface area contributed by atoms with Gasteiger partial charge in [0, 0.05) is 30.0 Å². The highest BCUT2D eigenvalue weighted by Crippen LogP contribution is 2.20. The van der Waals surface area contributed by atoms with Crippen molar-refractivity contribution in [2.24, 2.45) is 0 Å². The zero-order chi connectivity index (χ0) is 18.5. The average molecular weight is 372 g/mol. The SMILES string of the molecule is O=[N+]([O-])c1ccc(CSc2nnn(Cc3ccc([N+](=O)[O-])cc3)n2)cc1. The fourth-order valence-electron chi connectivity index (χ4n) is 2.10. The summed E-state index contributed by atoms with van der Waals surface area (Å²) in [4.78, 5) is 21.8. The largest absolute Gasteiger partial charge is 0.269 e. The molecule has 0 aliphatic heterocycles. The molecule has 0 unspecified atom stereocenters. The van der Waals surface area contributed by atoms with Crippen LogP contribution in [0.15, 0.2) is 53.7 Å². The first-order valence-electron chi connectivity index (χ1n) is 7.38. The first-order valence-corrected chi connectivity index (χ1v) is 8.37. The van der Waals surface area contributed by atoms with Crippen molar-refractivity contribution in [2.45, 2.75) is 17.5 Å². The molecule has 0 aliphatic carbocycles. The maximum absolute atomic E-state index is 10.6. The van der Waals surface area contributed by atoms with Crippen LogP contribution in [0, 0.1) is 20.2 Å². The Morgan fingerprint density at radius 2 is 1.42 bits per heavy atom. The Hall–Kier alpha value is -3.34. The summed E-state index contributed by atoms with van der Waals surface area (Å²) >= 11 is 1.36. The Morgan fingerprint density at radius 1 is 0.885 bits per heavy atom. The van der Waals surface area contributed by atoms with E-state index in [1.54, 1.807) is 24.3 Å². The lowest BCUT2D eigenvalue weighted by Gasteiger charge is -1.99. The minimum Gasteiger partial charge on any atom is -0.258 e. The normalized spacial score (nSPS) is 10.6. The fourth-order valence-corrected chi connectivity index (χ4v) is 2.84. The molecule has 0 saturated carbocycles. The van der Waals surface area contributed by atoms with E-state index in [1.807, 2.05) is 0 Å². The summed E-state index contributed by atoms with van der Waals surface area (Å²) in [5.41, 5.74) is 1.80. The van der Waals surface area contributed by atoms with Gasteiger partial charge in [0.1, 0.15) is 0 Å². The van der Waals surface area contributed by atoms with Crippen LogP contribution in [0.1, 0.15) is 11.1 Å². The third kappa shape index (κ3) is 4.39. The van der Waals surface area contributed by atoms with E-state index in [2.05, 4.69) is 15.4 Å². The highest BCUT2D eigenvalue weighted by molar-refractivity contribution is 7.98. The van der Waals surface area contributed by atoms with Crippen LogP contribution in [0.5, 0.6) is 0 Å². The number of benzene rings is 2. The number of non-ortho nitro benzene ring substituents is 2. The lowest BCUT2D eigenvalue weighted by atomic mass is 10.2. The van der Waals surface area contributed by atoms with Crippen molar-refractivity contribution in [1.82, 2.24) is 20.2 Å². The zero-order valence-corrected chi connectivity index (χ0v) is 14.1. The number of rotatable bonds is 7. The topological polar surface area (TPSA) is 130 Å². The molecule has 3 aromatic rings. The molecular formula is C15H12N6O4S. The molecule has 10 nitrogen and oxygen atoms in total. The second kappa shape index (κ2) is 7.70. The van der Waals surface area contributed by atoms with Crippen molar-refractivity contribution in [3.8, 4) is 0 Å². The predicted octanol–water partition coefficient (Wildman–Crippen LogP) is 2.83. The van der Waals surface area contributed by atoms with Crippen molar-refractivity contribution < 1.29 is 9.85 Å². The molecule has 0 spiro atoms. The summed E-state index contributed by atoms with van der Waals surface area (Å²) in [5, 5.41) is 33.9. The highest BCUT2D eigenvalue weighted by Gasteiger charge is 2.08. The summed E-state index contributed by atoms with van der Waals surface area (Å²) in [6.45, 7) is 0.350. The number of nitro benzene ring substituents is 2. The van der Waals surface area contributed by atoms with Gasteiger partial charge in [0.15, 0.2) is 0 Å². The van der Waals surface area contributed by atoms with Gasteiger partial charge in [-0.2, -0.15) is 4.80 Å². The molecule has 0 atom stereocenters. The third-order valence-corrected chi connectivity index (χ3v) is 4.32.